The van der Waals surface area contributed by atoms with E-state index in [1.54, 1.807) is 12.5 Å². The molecule has 84 valence electrons. The Balaban J connectivity index is 2.41. The van der Waals surface area contributed by atoms with Gasteiger partial charge < -0.3 is 4.57 Å². The average Bonchev–Trinajstić information content (AvgIpc) is 2.64. The van der Waals surface area contributed by atoms with Gasteiger partial charge >= 0.3 is 0 Å². The zero-order valence-electron chi connectivity index (χ0n) is 9.88. The van der Waals surface area contributed by atoms with E-state index in [0.29, 0.717) is 0 Å². The predicted octanol–water partition coefficient (Wildman–Crippen LogP) is 2.94. The Morgan fingerprint density at radius 2 is 1.94 bits per heavy atom. The normalized spacial score (nSPS) is 10.9. The van der Waals surface area contributed by atoms with Crippen LogP contribution in [0.1, 0.15) is 5.69 Å². The van der Waals surface area contributed by atoms with Gasteiger partial charge in [-0.25, -0.2) is 9.97 Å². The van der Waals surface area contributed by atoms with Crippen LogP contribution in [-0.2, 0) is 7.05 Å². The largest absolute Gasteiger partial charge is 0.347 e. The molecule has 3 heteroatoms. The number of benzene rings is 1. The number of rotatable bonds is 1. The summed E-state index contributed by atoms with van der Waals surface area (Å²) in [5.74, 6) is 0. The highest BCUT2D eigenvalue weighted by molar-refractivity contribution is 5.97. The first kappa shape index (κ1) is 10.0. The highest BCUT2D eigenvalue weighted by Gasteiger charge is 2.13. The van der Waals surface area contributed by atoms with E-state index in [-0.39, 0.29) is 0 Å². The lowest BCUT2D eigenvalue weighted by Crippen LogP contribution is -1.91. The van der Waals surface area contributed by atoms with E-state index in [9.17, 15) is 0 Å². The van der Waals surface area contributed by atoms with Crippen LogP contribution in [0.25, 0.3) is 22.2 Å². The van der Waals surface area contributed by atoms with Crippen LogP contribution in [0.2, 0.25) is 0 Å². The molecule has 0 aliphatic carbocycles. The standard InChI is InChI=1S/C14H13N3/c1-10-14(12-7-8-15-9-16-12)11-5-3-4-6-13(11)17(10)2/h3-9H,1-2H3. The Hall–Kier alpha value is -2.16. The number of hydrogen-bond donors (Lipinski definition) is 0. The van der Waals surface area contributed by atoms with Gasteiger partial charge in [0.25, 0.3) is 0 Å². The van der Waals surface area contributed by atoms with Crippen LogP contribution in [0, 0.1) is 6.92 Å². The highest BCUT2D eigenvalue weighted by atomic mass is 15.0. The molecular formula is C14H13N3. The number of aryl methyl sites for hydroxylation is 1. The molecule has 0 spiro atoms. The summed E-state index contributed by atoms with van der Waals surface area (Å²) in [7, 11) is 2.09. The van der Waals surface area contributed by atoms with Crippen LogP contribution < -0.4 is 0 Å². The molecular weight excluding hydrogens is 210 g/mol. The molecule has 0 unspecified atom stereocenters. The van der Waals surface area contributed by atoms with Crippen molar-refractivity contribution in [3.8, 4) is 11.3 Å². The topological polar surface area (TPSA) is 30.7 Å². The Morgan fingerprint density at radius 3 is 2.71 bits per heavy atom. The third kappa shape index (κ3) is 1.43. The molecule has 3 aromatic rings. The summed E-state index contributed by atoms with van der Waals surface area (Å²) in [5.41, 5.74) is 4.64. The molecule has 17 heavy (non-hydrogen) atoms. The first-order chi connectivity index (χ1) is 8.29. The van der Waals surface area contributed by atoms with Crippen molar-refractivity contribution in [3.63, 3.8) is 0 Å². The quantitative estimate of drug-likeness (QED) is 0.635. The van der Waals surface area contributed by atoms with Gasteiger partial charge in [0.15, 0.2) is 0 Å². The molecule has 0 radical (unpaired) electrons. The fraction of sp³-hybridized carbons (Fsp3) is 0.143. The van der Waals surface area contributed by atoms with Crippen molar-refractivity contribution in [1.82, 2.24) is 14.5 Å². The smallest absolute Gasteiger partial charge is 0.116 e. The fourth-order valence-electron chi connectivity index (χ4n) is 2.28. The monoisotopic (exact) mass is 223 g/mol. The first-order valence-electron chi connectivity index (χ1n) is 5.59. The summed E-state index contributed by atoms with van der Waals surface area (Å²) in [6.45, 7) is 2.12. The molecule has 0 amide bonds. The van der Waals surface area contributed by atoms with E-state index in [4.69, 9.17) is 0 Å². The van der Waals surface area contributed by atoms with Gasteiger partial charge in [-0.2, -0.15) is 0 Å². The minimum atomic E-state index is 0.981. The maximum Gasteiger partial charge on any atom is 0.116 e. The molecule has 0 aliphatic heterocycles. The molecule has 2 heterocycles. The predicted molar refractivity (Wildman–Crippen MR) is 68.7 cm³/mol. The third-order valence-corrected chi connectivity index (χ3v) is 3.24. The Labute approximate surface area is 99.8 Å². The SMILES string of the molecule is Cc1c(-c2ccncn2)c2ccccc2n1C. The minimum absolute atomic E-state index is 0.981. The summed E-state index contributed by atoms with van der Waals surface area (Å²) >= 11 is 0. The summed E-state index contributed by atoms with van der Waals surface area (Å²) in [5, 5.41) is 1.24. The van der Waals surface area contributed by atoms with E-state index < -0.39 is 0 Å². The van der Waals surface area contributed by atoms with Crippen molar-refractivity contribution in [2.24, 2.45) is 7.05 Å². The van der Waals surface area contributed by atoms with Gasteiger partial charge in [-0.1, -0.05) is 18.2 Å². The van der Waals surface area contributed by atoms with Gasteiger partial charge in [0, 0.05) is 35.4 Å². The lowest BCUT2D eigenvalue weighted by molar-refractivity contribution is 0.918. The van der Waals surface area contributed by atoms with Crippen LogP contribution in [0.3, 0.4) is 0 Å². The molecule has 0 bridgehead atoms. The van der Waals surface area contributed by atoms with E-state index in [0.717, 1.165) is 5.69 Å². The summed E-state index contributed by atoms with van der Waals surface area (Å²) in [4.78, 5) is 8.32. The molecule has 0 fully saturated rings. The fourth-order valence-corrected chi connectivity index (χ4v) is 2.28. The van der Waals surface area contributed by atoms with Crippen LogP contribution in [-0.4, -0.2) is 14.5 Å². The molecule has 0 atom stereocenters. The van der Waals surface area contributed by atoms with Crippen molar-refractivity contribution in [2.75, 3.05) is 0 Å². The second-order valence-corrected chi connectivity index (χ2v) is 4.13. The molecule has 0 saturated carbocycles. The first-order valence-corrected chi connectivity index (χ1v) is 5.59. The lowest BCUT2D eigenvalue weighted by Gasteiger charge is -2.00. The molecule has 0 N–H and O–H groups in total. The molecule has 0 saturated heterocycles. The summed E-state index contributed by atoms with van der Waals surface area (Å²) in [6, 6.07) is 10.3. The average molecular weight is 223 g/mol. The lowest BCUT2D eigenvalue weighted by atomic mass is 10.1. The summed E-state index contributed by atoms with van der Waals surface area (Å²) in [6.07, 6.45) is 3.38. The zero-order chi connectivity index (χ0) is 11.8. The molecule has 0 aliphatic rings. The van der Waals surface area contributed by atoms with Gasteiger partial charge in [-0.05, 0) is 19.1 Å². The van der Waals surface area contributed by atoms with Gasteiger partial charge in [-0.3, -0.25) is 0 Å². The highest BCUT2D eigenvalue weighted by Crippen LogP contribution is 2.32. The van der Waals surface area contributed by atoms with Crippen molar-refractivity contribution in [1.29, 1.82) is 0 Å². The second-order valence-electron chi connectivity index (χ2n) is 4.13. The van der Waals surface area contributed by atoms with Gasteiger partial charge in [0.05, 0.1) is 5.69 Å². The van der Waals surface area contributed by atoms with Crippen molar-refractivity contribution < 1.29 is 0 Å². The van der Waals surface area contributed by atoms with E-state index in [2.05, 4.69) is 52.8 Å². The number of para-hydroxylation sites is 1. The molecule has 2 aromatic heterocycles. The van der Waals surface area contributed by atoms with Crippen LogP contribution >= 0.6 is 0 Å². The van der Waals surface area contributed by atoms with Crippen molar-refractivity contribution >= 4 is 10.9 Å². The number of nitrogens with zero attached hydrogens (tertiary/aromatic N) is 3. The Morgan fingerprint density at radius 1 is 1.12 bits per heavy atom. The van der Waals surface area contributed by atoms with Crippen molar-refractivity contribution in [2.45, 2.75) is 6.92 Å². The van der Waals surface area contributed by atoms with E-state index in [1.807, 2.05) is 6.07 Å². The summed E-state index contributed by atoms with van der Waals surface area (Å²) < 4.78 is 2.20. The molecule has 3 rings (SSSR count). The maximum absolute atomic E-state index is 4.35. The molecule has 3 nitrogen and oxygen atoms in total. The number of hydrogen-bond acceptors (Lipinski definition) is 2. The van der Waals surface area contributed by atoms with Crippen LogP contribution in [0.5, 0.6) is 0 Å². The third-order valence-electron chi connectivity index (χ3n) is 3.24. The van der Waals surface area contributed by atoms with E-state index in [1.165, 1.54) is 22.2 Å². The Bertz CT molecular complexity index is 669. The number of fused-ring (bicyclic) bond motifs is 1. The van der Waals surface area contributed by atoms with Crippen molar-refractivity contribution in [3.05, 3.63) is 48.5 Å². The number of aromatic nitrogens is 3. The second kappa shape index (κ2) is 3.70. The van der Waals surface area contributed by atoms with Crippen LogP contribution in [0.4, 0.5) is 0 Å². The van der Waals surface area contributed by atoms with E-state index >= 15 is 0 Å². The minimum Gasteiger partial charge on any atom is -0.347 e. The van der Waals surface area contributed by atoms with Gasteiger partial charge in [0.1, 0.15) is 6.33 Å². The van der Waals surface area contributed by atoms with Gasteiger partial charge in [0.2, 0.25) is 0 Å². The van der Waals surface area contributed by atoms with Gasteiger partial charge in [-0.15, -0.1) is 0 Å². The molecule has 1 aromatic carbocycles. The van der Waals surface area contributed by atoms with Crippen LogP contribution in [0.15, 0.2) is 42.9 Å². The zero-order valence-corrected chi connectivity index (χ0v) is 9.88. The Kier molecular flexibility index (Phi) is 2.18. The maximum atomic E-state index is 4.35.